The molecule has 0 spiro atoms. The van der Waals surface area contributed by atoms with Crippen LogP contribution in [0.15, 0.2) is 24.5 Å². The Bertz CT molecular complexity index is 687. The van der Waals surface area contributed by atoms with Crippen molar-refractivity contribution < 1.29 is 14.7 Å². The molecule has 6 nitrogen and oxygen atoms in total. The minimum Gasteiger partial charge on any atom is -0.478 e. The second-order valence-corrected chi connectivity index (χ2v) is 5.32. The standard InChI is InChI=1S/C15H17N3O3/c19-14(17-6-2-1-3-7-17)9-18-10-16-12-8-11(15(20)21)4-5-13(12)18/h4-5,8,10H,1-3,6-7,9H2,(H,20,21). The van der Waals surface area contributed by atoms with E-state index in [4.69, 9.17) is 5.11 Å². The van der Waals surface area contributed by atoms with Crippen LogP contribution in [-0.4, -0.2) is 44.5 Å². The van der Waals surface area contributed by atoms with Gasteiger partial charge in [0.25, 0.3) is 0 Å². The van der Waals surface area contributed by atoms with E-state index < -0.39 is 5.97 Å². The smallest absolute Gasteiger partial charge is 0.335 e. The molecule has 0 atom stereocenters. The molecule has 1 aliphatic rings. The maximum atomic E-state index is 12.3. The Hall–Kier alpha value is -2.37. The third-order valence-electron chi connectivity index (χ3n) is 3.88. The molecule has 2 aromatic rings. The first-order chi connectivity index (χ1) is 10.1. The van der Waals surface area contributed by atoms with Gasteiger partial charge >= 0.3 is 5.97 Å². The molecule has 0 aliphatic carbocycles. The predicted octanol–water partition coefficient (Wildman–Crippen LogP) is 1.75. The van der Waals surface area contributed by atoms with Gasteiger partial charge in [-0.2, -0.15) is 0 Å². The van der Waals surface area contributed by atoms with Crippen LogP contribution in [-0.2, 0) is 11.3 Å². The van der Waals surface area contributed by atoms with Crippen LogP contribution in [0.3, 0.4) is 0 Å². The van der Waals surface area contributed by atoms with Gasteiger partial charge in [0.15, 0.2) is 0 Å². The summed E-state index contributed by atoms with van der Waals surface area (Å²) in [7, 11) is 0. The maximum Gasteiger partial charge on any atom is 0.335 e. The topological polar surface area (TPSA) is 75.4 Å². The molecular weight excluding hydrogens is 270 g/mol. The number of carbonyl (C=O) groups is 2. The third kappa shape index (κ3) is 2.74. The summed E-state index contributed by atoms with van der Waals surface area (Å²) < 4.78 is 1.78. The van der Waals surface area contributed by atoms with Crippen molar-refractivity contribution in [1.82, 2.24) is 14.5 Å². The van der Waals surface area contributed by atoms with Crippen molar-refractivity contribution >= 4 is 22.9 Å². The zero-order chi connectivity index (χ0) is 14.8. The van der Waals surface area contributed by atoms with Gasteiger partial charge in [-0.15, -0.1) is 0 Å². The quantitative estimate of drug-likeness (QED) is 0.933. The van der Waals surface area contributed by atoms with Crippen LogP contribution in [0.4, 0.5) is 0 Å². The fourth-order valence-electron chi connectivity index (χ4n) is 2.71. The van der Waals surface area contributed by atoms with Gasteiger partial charge in [-0.05, 0) is 37.5 Å². The summed E-state index contributed by atoms with van der Waals surface area (Å²) in [4.78, 5) is 29.3. The van der Waals surface area contributed by atoms with Crippen LogP contribution in [0.25, 0.3) is 11.0 Å². The zero-order valence-corrected chi connectivity index (χ0v) is 11.7. The van der Waals surface area contributed by atoms with E-state index in [1.807, 2.05) is 4.90 Å². The molecule has 1 fully saturated rings. The molecule has 110 valence electrons. The Kier molecular flexibility index (Phi) is 3.60. The molecule has 1 saturated heterocycles. The lowest BCUT2D eigenvalue weighted by Gasteiger charge is -2.26. The average molecular weight is 287 g/mol. The number of nitrogens with zero attached hydrogens (tertiary/aromatic N) is 3. The van der Waals surface area contributed by atoms with Gasteiger partial charge in [0.05, 0.1) is 22.9 Å². The van der Waals surface area contributed by atoms with Crippen molar-refractivity contribution in [2.75, 3.05) is 13.1 Å². The molecule has 0 bridgehead atoms. The fraction of sp³-hybridized carbons (Fsp3) is 0.400. The summed E-state index contributed by atoms with van der Waals surface area (Å²) in [6.45, 7) is 1.91. The highest BCUT2D eigenvalue weighted by atomic mass is 16.4. The lowest BCUT2D eigenvalue weighted by atomic mass is 10.1. The number of amides is 1. The molecule has 6 heteroatoms. The second kappa shape index (κ2) is 5.55. The molecule has 1 N–H and O–H groups in total. The van der Waals surface area contributed by atoms with E-state index in [1.165, 1.54) is 18.6 Å². The number of rotatable bonds is 3. The lowest BCUT2D eigenvalue weighted by Crippen LogP contribution is -2.37. The van der Waals surface area contributed by atoms with Crippen molar-refractivity contribution in [3.63, 3.8) is 0 Å². The highest BCUT2D eigenvalue weighted by molar-refractivity contribution is 5.92. The van der Waals surface area contributed by atoms with E-state index in [9.17, 15) is 9.59 Å². The first-order valence-electron chi connectivity index (χ1n) is 7.11. The van der Waals surface area contributed by atoms with E-state index in [0.29, 0.717) is 5.52 Å². The first-order valence-corrected chi connectivity index (χ1v) is 7.11. The van der Waals surface area contributed by atoms with Gasteiger partial charge in [0, 0.05) is 13.1 Å². The first kappa shape index (κ1) is 13.6. The van der Waals surface area contributed by atoms with E-state index in [1.54, 1.807) is 17.0 Å². The van der Waals surface area contributed by atoms with Gasteiger partial charge in [-0.3, -0.25) is 4.79 Å². The number of likely N-dealkylation sites (tertiary alicyclic amines) is 1. The molecule has 3 rings (SSSR count). The molecule has 1 aromatic carbocycles. The monoisotopic (exact) mass is 287 g/mol. The Balaban J connectivity index is 1.80. The van der Waals surface area contributed by atoms with Gasteiger partial charge in [0.1, 0.15) is 6.54 Å². The van der Waals surface area contributed by atoms with Crippen molar-refractivity contribution in [3.05, 3.63) is 30.1 Å². The van der Waals surface area contributed by atoms with Gasteiger partial charge in [0.2, 0.25) is 5.91 Å². The summed E-state index contributed by atoms with van der Waals surface area (Å²) in [6.07, 6.45) is 4.92. The molecule has 1 amide bonds. The summed E-state index contributed by atoms with van der Waals surface area (Å²) in [6, 6.07) is 4.77. The minimum atomic E-state index is -0.976. The normalized spacial score (nSPS) is 15.3. The molecule has 1 aromatic heterocycles. The Morgan fingerprint density at radius 1 is 1.19 bits per heavy atom. The number of piperidine rings is 1. The number of aromatic nitrogens is 2. The zero-order valence-electron chi connectivity index (χ0n) is 11.7. The van der Waals surface area contributed by atoms with E-state index >= 15 is 0 Å². The summed E-state index contributed by atoms with van der Waals surface area (Å²) in [5.41, 5.74) is 1.59. The third-order valence-corrected chi connectivity index (χ3v) is 3.88. The number of carbonyl (C=O) groups excluding carboxylic acids is 1. The maximum absolute atomic E-state index is 12.3. The van der Waals surface area contributed by atoms with Crippen LogP contribution < -0.4 is 0 Å². The molecule has 1 aliphatic heterocycles. The lowest BCUT2D eigenvalue weighted by molar-refractivity contribution is -0.132. The molecule has 0 radical (unpaired) electrons. The highest BCUT2D eigenvalue weighted by Gasteiger charge is 2.17. The SMILES string of the molecule is O=C(O)c1ccc2c(c1)ncn2CC(=O)N1CCCCC1. The fourth-order valence-corrected chi connectivity index (χ4v) is 2.71. The van der Waals surface area contributed by atoms with E-state index in [-0.39, 0.29) is 18.0 Å². The Morgan fingerprint density at radius 2 is 1.95 bits per heavy atom. The number of benzene rings is 1. The number of carboxylic acids is 1. The van der Waals surface area contributed by atoms with Crippen LogP contribution in [0.1, 0.15) is 29.6 Å². The van der Waals surface area contributed by atoms with Crippen molar-refractivity contribution in [3.8, 4) is 0 Å². The highest BCUT2D eigenvalue weighted by Crippen LogP contribution is 2.16. The summed E-state index contributed by atoms with van der Waals surface area (Å²) >= 11 is 0. The number of aromatic carboxylic acids is 1. The second-order valence-electron chi connectivity index (χ2n) is 5.32. The summed E-state index contributed by atoms with van der Waals surface area (Å²) in [5.74, 6) is -0.882. The number of imidazole rings is 1. The number of hydrogen-bond acceptors (Lipinski definition) is 3. The van der Waals surface area contributed by atoms with Gasteiger partial charge < -0.3 is 14.6 Å². The largest absolute Gasteiger partial charge is 0.478 e. The van der Waals surface area contributed by atoms with Crippen LogP contribution in [0.2, 0.25) is 0 Å². The van der Waals surface area contributed by atoms with E-state index in [2.05, 4.69) is 4.98 Å². The van der Waals surface area contributed by atoms with Crippen molar-refractivity contribution in [1.29, 1.82) is 0 Å². The molecule has 0 unspecified atom stereocenters. The number of carboxylic acid groups (broad SMARTS) is 1. The predicted molar refractivity (Wildman–Crippen MR) is 77.1 cm³/mol. The van der Waals surface area contributed by atoms with Crippen LogP contribution >= 0.6 is 0 Å². The average Bonchev–Trinajstić information content (AvgIpc) is 2.90. The molecule has 2 heterocycles. The summed E-state index contributed by atoms with van der Waals surface area (Å²) in [5, 5.41) is 8.97. The van der Waals surface area contributed by atoms with E-state index in [0.717, 1.165) is 31.4 Å². The number of fused-ring (bicyclic) bond motifs is 1. The van der Waals surface area contributed by atoms with Gasteiger partial charge in [-0.25, -0.2) is 9.78 Å². The Labute approximate surface area is 122 Å². The van der Waals surface area contributed by atoms with Crippen molar-refractivity contribution in [2.24, 2.45) is 0 Å². The molecule has 0 saturated carbocycles. The Morgan fingerprint density at radius 3 is 2.67 bits per heavy atom. The minimum absolute atomic E-state index is 0.0938. The molecular formula is C15H17N3O3. The van der Waals surface area contributed by atoms with Gasteiger partial charge in [-0.1, -0.05) is 0 Å². The van der Waals surface area contributed by atoms with Crippen LogP contribution in [0, 0.1) is 0 Å². The van der Waals surface area contributed by atoms with Crippen molar-refractivity contribution in [2.45, 2.75) is 25.8 Å². The molecule has 21 heavy (non-hydrogen) atoms. The van der Waals surface area contributed by atoms with Crippen LogP contribution in [0.5, 0.6) is 0 Å². The number of hydrogen-bond donors (Lipinski definition) is 1.